The van der Waals surface area contributed by atoms with Gasteiger partial charge in [0.2, 0.25) is 0 Å². The van der Waals surface area contributed by atoms with E-state index in [-0.39, 0.29) is 23.8 Å². The maximum atomic E-state index is 12.4. The number of benzene rings is 1. The standard InChI is InChI=1S/C17H18N2O3S/c20-11-17(7-8-17)10-18-15(21)12-4-1-2-5-13(12)19-16(22)14-6-3-9-23-14/h1-6,9,20H,7-8,10-11H2,(H,18,21)(H,19,22). The van der Waals surface area contributed by atoms with E-state index in [4.69, 9.17) is 0 Å². The van der Waals surface area contributed by atoms with Crippen LogP contribution in [0.4, 0.5) is 5.69 Å². The van der Waals surface area contributed by atoms with E-state index in [1.54, 1.807) is 30.3 Å². The highest BCUT2D eigenvalue weighted by molar-refractivity contribution is 7.12. The van der Waals surface area contributed by atoms with Crippen LogP contribution in [0.15, 0.2) is 41.8 Å². The first kappa shape index (κ1) is 15.7. The first-order valence-electron chi connectivity index (χ1n) is 7.46. The highest BCUT2D eigenvalue weighted by Crippen LogP contribution is 2.44. The summed E-state index contributed by atoms with van der Waals surface area (Å²) in [6.45, 7) is 0.541. The zero-order valence-electron chi connectivity index (χ0n) is 12.5. The van der Waals surface area contributed by atoms with Crippen LogP contribution in [0.25, 0.3) is 0 Å². The molecule has 0 saturated heterocycles. The molecule has 0 atom stereocenters. The Balaban J connectivity index is 1.70. The number of thiophene rings is 1. The Morgan fingerprint density at radius 3 is 2.57 bits per heavy atom. The van der Waals surface area contributed by atoms with Gasteiger partial charge in [0.1, 0.15) is 0 Å². The molecule has 1 saturated carbocycles. The summed E-state index contributed by atoms with van der Waals surface area (Å²) in [5, 5.41) is 16.8. The van der Waals surface area contributed by atoms with Crippen LogP contribution in [0, 0.1) is 5.41 Å². The van der Waals surface area contributed by atoms with Crippen molar-refractivity contribution >= 4 is 28.8 Å². The van der Waals surface area contributed by atoms with E-state index in [1.165, 1.54) is 11.3 Å². The van der Waals surface area contributed by atoms with Gasteiger partial charge in [0, 0.05) is 12.0 Å². The molecule has 3 N–H and O–H groups in total. The van der Waals surface area contributed by atoms with Crippen molar-refractivity contribution in [1.29, 1.82) is 0 Å². The number of amides is 2. The molecule has 0 aliphatic heterocycles. The van der Waals surface area contributed by atoms with Gasteiger partial charge in [-0.15, -0.1) is 11.3 Å². The number of nitrogens with one attached hydrogen (secondary N) is 2. The predicted molar refractivity (Wildman–Crippen MR) is 89.8 cm³/mol. The third kappa shape index (κ3) is 3.60. The Kier molecular flexibility index (Phi) is 4.45. The topological polar surface area (TPSA) is 78.4 Å². The van der Waals surface area contributed by atoms with Crippen LogP contribution in [0.3, 0.4) is 0 Å². The summed E-state index contributed by atoms with van der Waals surface area (Å²) >= 11 is 1.35. The highest BCUT2D eigenvalue weighted by Gasteiger charge is 2.42. The zero-order valence-corrected chi connectivity index (χ0v) is 13.4. The number of rotatable bonds is 6. The third-order valence-electron chi connectivity index (χ3n) is 4.08. The quantitative estimate of drug-likeness (QED) is 0.761. The maximum absolute atomic E-state index is 12.4. The second-order valence-electron chi connectivity index (χ2n) is 5.82. The number of anilines is 1. The fourth-order valence-corrected chi connectivity index (χ4v) is 2.93. The lowest BCUT2D eigenvalue weighted by Gasteiger charge is -2.14. The van der Waals surface area contributed by atoms with Gasteiger partial charge < -0.3 is 15.7 Å². The molecule has 1 aromatic carbocycles. The summed E-state index contributed by atoms with van der Waals surface area (Å²) < 4.78 is 0. The van der Waals surface area contributed by atoms with Crippen LogP contribution in [0.5, 0.6) is 0 Å². The molecule has 120 valence electrons. The van der Waals surface area contributed by atoms with Crippen molar-refractivity contribution in [2.45, 2.75) is 12.8 Å². The first-order valence-corrected chi connectivity index (χ1v) is 8.34. The van der Waals surface area contributed by atoms with Crippen LogP contribution < -0.4 is 10.6 Å². The molecule has 2 aromatic rings. The Labute approximate surface area is 138 Å². The number of aliphatic hydroxyl groups is 1. The van der Waals surface area contributed by atoms with Crippen LogP contribution in [0.1, 0.15) is 32.9 Å². The molecule has 3 rings (SSSR count). The van der Waals surface area contributed by atoms with Gasteiger partial charge in [-0.3, -0.25) is 9.59 Å². The molecule has 23 heavy (non-hydrogen) atoms. The molecule has 0 unspecified atom stereocenters. The maximum Gasteiger partial charge on any atom is 0.265 e. The summed E-state index contributed by atoms with van der Waals surface area (Å²) in [6, 6.07) is 10.5. The molecule has 1 aliphatic carbocycles. The molecule has 1 aliphatic rings. The number of aliphatic hydroxyl groups excluding tert-OH is 1. The average molecular weight is 330 g/mol. The summed E-state index contributed by atoms with van der Waals surface area (Å²) in [4.78, 5) is 25.1. The second kappa shape index (κ2) is 6.52. The molecular weight excluding hydrogens is 312 g/mol. The number of carbonyl (C=O) groups is 2. The lowest BCUT2D eigenvalue weighted by atomic mass is 10.1. The zero-order chi connectivity index (χ0) is 16.3. The minimum Gasteiger partial charge on any atom is -0.396 e. The smallest absolute Gasteiger partial charge is 0.265 e. The lowest BCUT2D eigenvalue weighted by molar-refractivity contribution is 0.0936. The van der Waals surface area contributed by atoms with Crippen molar-refractivity contribution in [3.63, 3.8) is 0 Å². The summed E-state index contributed by atoms with van der Waals surface area (Å²) in [6.07, 6.45) is 1.86. The minimum atomic E-state index is -0.244. The van der Waals surface area contributed by atoms with E-state index in [2.05, 4.69) is 10.6 Å². The lowest BCUT2D eigenvalue weighted by Crippen LogP contribution is -2.32. The molecule has 0 bridgehead atoms. The molecule has 0 spiro atoms. The van der Waals surface area contributed by atoms with Crippen LogP contribution in [-0.4, -0.2) is 30.1 Å². The van der Waals surface area contributed by atoms with Crippen LogP contribution in [-0.2, 0) is 0 Å². The van der Waals surface area contributed by atoms with Crippen LogP contribution >= 0.6 is 11.3 Å². The number of carbonyl (C=O) groups excluding carboxylic acids is 2. The molecule has 1 aromatic heterocycles. The third-order valence-corrected chi connectivity index (χ3v) is 4.95. The number of para-hydroxylation sites is 1. The van der Waals surface area contributed by atoms with Gasteiger partial charge in [0.05, 0.1) is 22.7 Å². The average Bonchev–Trinajstić information content (AvgIpc) is 3.14. The Hall–Kier alpha value is -2.18. The van der Waals surface area contributed by atoms with Gasteiger partial charge >= 0.3 is 0 Å². The van der Waals surface area contributed by atoms with E-state index in [1.807, 2.05) is 11.4 Å². The summed E-state index contributed by atoms with van der Waals surface area (Å²) in [5.74, 6) is -0.471. The van der Waals surface area contributed by atoms with Crippen molar-refractivity contribution in [2.24, 2.45) is 5.41 Å². The Morgan fingerprint density at radius 1 is 1.13 bits per heavy atom. The fourth-order valence-electron chi connectivity index (χ4n) is 2.31. The number of hydrogen-bond donors (Lipinski definition) is 3. The van der Waals surface area contributed by atoms with Crippen molar-refractivity contribution in [3.8, 4) is 0 Å². The molecular formula is C17H18N2O3S. The summed E-state index contributed by atoms with van der Waals surface area (Å²) in [7, 11) is 0. The monoisotopic (exact) mass is 330 g/mol. The van der Waals surface area contributed by atoms with Gasteiger partial charge in [-0.05, 0) is 36.4 Å². The molecule has 1 fully saturated rings. The minimum absolute atomic E-state index is 0.0873. The normalized spacial score (nSPS) is 15.0. The van der Waals surface area contributed by atoms with E-state index >= 15 is 0 Å². The first-order chi connectivity index (χ1) is 11.1. The predicted octanol–water partition coefficient (Wildman–Crippen LogP) is 2.50. The van der Waals surface area contributed by atoms with E-state index < -0.39 is 0 Å². The second-order valence-corrected chi connectivity index (χ2v) is 6.77. The molecule has 1 heterocycles. The van der Waals surface area contributed by atoms with Gasteiger partial charge in [-0.1, -0.05) is 18.2 Å². The molecule has 2 amide bonds. The highest BCUT2D eigenvalue weighted by atomic mass is 32.1. The summed E-state index contributed by atoms with van der Waals surface area (Å²) in [5.41, 5.74) is 0.758. The Morgan fingerprint density at radius 2 is 1.91 bits per heavy atom. The van der Waals surface area contributed by atoms with E-state index in [0.29, 0.717) is 22.7 Å². The largest absolute Gasteiger partial charge is 0.396 e. The van der Waals surface area contributed by atoms with Crippen molar-refractivity contribution < 1.29 is 14.7 Å². The van der Waals surface area contributed by atoms with Gasteiger partial charge in [-0.2, -0.15) is 0 Å². The van der Waals surface area contributed by atoms with E-state index in [9.17, 15) is 14.7 Å². The van der Waals surface area contributed by atoms with Crippen molar-refractivity contribution in [2.75, 3.05) is 18.5 Å². The van der Waals surface area contributed by atoms with Crippen molar-refractivity contribution in [3.05, 3.63) is 52.2 Å². The fraction of sp³-hybridized carbons (Fsp3) is 0.294. The van der Waals surface area contributed by atoms with E-state index in [0.717, 1.165) is 12.8 Å². The van der Waals surface area contributed by atoms with Gasteiger partial charge in [0.15, 0.2) is 0 Å². The van der Waals surface area contributed by atoms with Crippen LogP contribution in [0.2, 0.25) is 0 Å². The number of hydrogen-bond acceptors (Lipinski definition) is 4. The SMILES string of the molecule is O=C(Nc1ccccc1C(=O)NCC1(CO)CC1)c1cccs1. The molecule has 6 heteroatoms. The van der Waals surface area contributed by atoms with Crippen molar-refractivity contribution in [1.82, 2.24) is 5.32 Å². The Bertz CT molecular complexity index is 708. The van der Waals surface area contributed by atoms with Gasteiger partial charge in [0.25, 0.3) is 11.8 Å². The molecule has 5 nitrogen and oxygen atoms in total. The molecule has 0 radical (unpaired) electrons. The van der Waals surface area contributed by atoms with Gasteiger partial charge in [-0.25, -0.2) is 0 Å².